The van der Waals surface area contributed by atoms with Crippen molar-refractivity contribution in [3.8, 4) is 0 Å². The van der Waals surface area contributed by atoms with E-state index in [0.29, 0.717) is 25.4 Å². The van der Waals surface area contributed by atoms with Crippen LogP contribution in [0, 0.1) is 5.92 Å². The normalized spacial score (nSPS) is 16.6. The second-order valence-corrected chi connectivity index (χ2v) is 7.82. The van der Waals surface area contributed by atoms with Gasteiger partial charge in [0.2, 0.25) is 5.91 Å². The number of amides is 3. The van der Waals surface area contributed by atoms with Crippen molar-refractivity contribution in [2.45, 2.75) is 39.3 Å². The number of urea groups is 1. The summed E-state index contributed by atoms with van der Waals surface area (Å²) in [6.07, 6.45) is 0. The van der Waals surface area contributed by atoms with E-state index in [1.165, 1.54) is 0 Å². The molecule has 1 aliphatic rings. The number of carbonyl (C=O) groups is 2. The van der Waals surface area contributed by atoms with Crippen molar-refractivity contribution in [3.63, 3.8) is 0 Å². The molecule has 1 aromatic carbocycles. The molecule has 0 bridgehead atoms. The number of benzene rings is 1. The summed E-state index contributed by atoms with van der Waals surface area (Å²) in [7, 11) is 0. The molecule has 3 N–H and O–H groups in total. The zero-order valence-corrected chi connectivity index (χ0v) is 16.7. The van der Waals surface area contributed by atoms with Crippen LogP contribution in [0.15, 0.2) is 30.3 Å². The summed E-state index contributed by atoms with van der Waals surface area (Å²) in [6, 6.07) is 8.18. The number of hydrogen-bond acceptors (Lipinski definition) is 4. The van der Waals surface area contributed by atoms with Crippen LogP contribution < -0.4 is 16.0 Å². The Kier molecular flexibility index (Phi) is 7.62. The third-order valence-electron chi connectivity index (χ3n) is 4.83. The maximum Gasteiger partial charge on any atom is 0.319 e. The van der Waals surface area contributed by atoms with Crippen molar-refractivity contribution >= 4 is 17.6 Å². The van der Waals surface area contributed by atoms with Gasteiger partial charge < -0.3 is 20.7 Å². The summed E-state index contributed by atoms with van der Waals surface area (Å²) in [4.78, 5) is 27.3. The summed E-state index contributed by atoms with van der Waals surface area (Å²) in [5, 5.41) is 8.55. The number of hydrogen-bond donors (Lipinski definition) is 3. The van der Waals surface area contributed by atoms with Crippen LogP contribution in [-0.4, -0.2) is 61.3 Å². The Hall–Kier alpha value is -2.12. The zero-order chi connectivity index (χ0) is 19.9. The minimum atomic E-state index is -0.603. The Labute approximate surface area is 161 Å². The highest BCUT2D eigenvalue weighted by Crippen LogP contribution is 2.15. The molecule has 1 heterocycles. The topological polar surface area (TPSA) is 82.7 Å². The number of nitrogens with zero attached hydrogens (tertiary/aromatic N) is 1. The fraction of sp³-hybridized carbons (Fsp3) is 0.600. The van der Waals surface area contributed by atoms with Crippen LogP contribution in [0.3, 0.4) is 0 Å². The predicted molar refractivity (Wildman–Crippen MR) is 107 cm³/mol. The molecule has 1 fully saturated rings. The Morgan fingerprint density at radius 2 is 1.78 bits per heavy atom. The number of carbonyl (C=O) groups excluding carboxylic acids is 2. The number of para-hydroxylation sites is 1. The minimum Gasteiger partial charge on any atom is -0.379 e. The van der Waals surface area contributed by atoms with Crippen LogP contribution in [0.1, 0.15) is 27.7 Å². The maximum atomic E-state index is 12.7. The smallest absolute Gasteiger partial charge is 0.319 e. The third kappa shape index (κ3) is 6.52. The predicted octanol–water partition coefficient (Wildman–Crippen LogP) is 2.06. The standard InChI is InChI=1S/C20H32N4O3/c1-15(2)17(23-19(26)22-16-8-6-5-7-9-16)18(25)21-14-20(3,4)24-10-12-27-13-11-24/h5-9,15,17H,10-14H2,1-4H3,(H,21,25)(H2,22,23,26)/t17-/m1/s1. The lowest BCUT2D eigenvalue weighted by Gasteiger charge is -2.41. The Morgan fingerprint density at radius 3 is 2.37 bits per heavy atom. The van der Waals surface area contributed by atoms with E-state index in [4.69, 9.17) is 4.74 Å². The van der Waals surface area contributed by atoms with Gasteiger partial charge in [-0.3, -0.25) is 9.69 Å². The fourth-order valence-corrected chi connectivity index (χ4v) is 3.06. The molecular formula is C20H32N4O3. The Morgan fingerprint density at radius 1 is 1.15 bits per heavy atom. The number of ether oxygens (including phenoxy) is 1. The first-order valence-corrected chi connectivity index (χ1v) is 9.52. The first-order chi connectivity index (χ1) is 12.8. The van der Waals surface area contributed by atoms with Gasteiger partial charge in [0.15, 0.2) is 0 Å². The van der Waals surface area contributed by atoms with Crippen LogP contribution in [0.25, 0.3) is 0 Å². The minimum absolute atomic E-state index is 0.0296. The van der Waals surface area contributed by atoms with E-state index >= 15 is 0 Å². The average molecular weight is 377 g/mol. The second-order valence-electron chi connectivity index (χ2n) is 7.82. The van der Waals surface area contributed by atoms with Crippen LogP contribution in [0.4, 0.5) is 10.5 Å². The van der Waals surface area contributed by atoms with Gasteiger partial charge in [-0.15, -0.1) is 0 Å². The number of nitrogens with one attached hydrogen (secondary N) is 3. The van der Waals surface area contributed by atoms with Gasteiger partial charge in [-0.05, 0) is 31.9 Å². The molecule has 3 amide bonds. The molecule has 0 unspecified atom stereocenters. The van der Waals surface area contributed by atoms with Gasteiger partial charge in [-0.25, -0.2) is 4.79 Å². The molecule has 27 heavy (non-hydrogen) atoms. The highest BCUT2D eigenvalue weighted by Gasteiger charge is 2.31. The summed E-state index contributed by atoms with van der Waals surface area (Å²) >= 11 is 0. The molecule has 0 aliphatic carbocycles. The molecule has 0 aromatic heterocycles. The molecule has 1 atom stereocenters. The lowest BCUT2D eigenvalue weighted by atomic mass is 10.00. The number of rotatable bonds is 7. The highest BCUT2D eigenvalue weighted by molar-refractivity contribution is 5.93. The summed E-state index contributed by atoms with van der Waals surface area (Å²) < 4.78 is 5.40. The third-order valence-corrected chi connectivity index (χ3v) is 4.83. The van der Waals surface area contributed by atoms with Crippen molar-refractivity contribution in [2.75, 3.05) is 38.2 Å². The van der Waals surface area contributed by atoms with E-state index in [0.717, 1.165) is 13.1 Å². The van der Waals surface area contributed by atoms with Crippen LogP contribution in [0.5, 0.6) is 0 Å². The molecule has 150 valence electrons. The zero-order valence-electron chi connectivity index (χ0n) is 16.7. The molecule has 0 spiro atoms. The molecule has 2 rings (SSSR count). The Balaban J connectivity index is 1.89. The van der Waals surface area contributed by atoms with E-state index < -0.39 is 6.04 Å². The number of morpholine rings is 1. The molecule has 1 aromatic rings. The van der Waals surface area contributed by atoms with Crippen LogP contribution >= 0.6 is 0 Å². The monoisotopic (exact) mass is 376 g/mol. The van der Waals surface area contributed by atoms with Gasteiger partial charge in [0.25, 0.3) is 0 Å². The van der Waals surface area contributed by atoms with E-state index in [2.05, 4.69) is 34.7 Å². The fourth-order valence-electron chi connectivity index (χ4n) is 3.06. The molecule has 0 radical (unpaired) electrons. The van der Waals surface area contributed by atoms with Gasteiger partial charge in [-0.1, -0.05) is 32.0 Å². The van der Waals surface area contributed by atoms with Crippen molar-refractivity contribution in [3.05, 3.63) is 30.3 Å². The van der Waals surface area contributed by atoms with Crippen molar-refractivity contribution < 1.29 is 14.3 Å². The number of anilines is 1. The van der Waals surface area contributed by atoms with Crippen molar-refractivity contribution in [2.24, 2.45) is 5.92 Å². The Bertz CT molecular complexity index is 613. The summed E-state index contributed by atoms with van der Waals surface area (Å²) in [6.45, 7) is 11.7. The van der Waals surface area contributed by atoms with Gasteiger partial charge >= 0.3 is 6.03 Å². The van der Waals surface area contributed by atoms with Crippen LogP contribution in [-0.2, 0) is 9.53 Å². The highest BCUT2D eigenvalue weighted by atomic mass is 16.5. The molecule has 7 heteroatoms. The lowest BCUT2D eigenvalue weighted by Crippen LogP contribution is -2.58. The van der Waals surface area contributed by atoms with Gasteiger partial charge in [-0.2, -0.15) is 0 Å². The quantitative estimate of drug-likeness (QED) is 0.680. The van der Waals surface area contributed by atoms with Crippen LogP contribution in [0.2, 0.25) is 0 Å². The van der Waals surface area contributed by atoms with Gasteiger partial charge in [0.1, 0.15) is 6.04 Å². The SMILES string of the molecule is CC(C)[C@@H](NC(=O)Nc1ccccc1)C(=O)NCC(C)(C)N1CCOCC1. The van der Waals surface area contributed by atoms with E-state index in [9.17, 15) is 9.59 Å². The van der Waals surface area contributed by atoms with Gasteiger partial charge in [0, 0.05) is 30.9 Å². The van der Waals surface area contributed by atoms with E-state index in [-0.39, 0.29) is 23.4 Å². The largest absolute Gasteiger partial charge is 0.379 e. The van der Waals surface area contributed by atoms with E-state index in [1.54, 1.807) is 12.1 Å². The van der Waals surface area contributed by atoms with Crippen molar-refractivity contribution in [1.82, 2.24) is 15.5 Å². The summed E-state index contributed by atoms with van der Waals surface area (Å²) in [5.41, 5.74) is 0.513. The molecule has 1 saturated heterocycles. The lowest BCUT2D eigenvalue weighted by molar-refractivity contribution is -0.124. The molecular weight excluding hydrogens is 344 g/mol. The molecule has 7 nitrogen and oxygen atoms in total. The average Bonchev–Trinajstić information content (AvgIpc) is 2.65. The maximum absolute atomic E-state index is 12.7. The van der Waals surface area contributed by atoms with Crippen molar-refractivity contribution in [1.29, 1.82) is 0 Å². The molecule has 0 saturated carbocycles. The molecule has 1 aliphatic heterocycles. The van der Waals surface area contributed by atoms with Gasteiger partial charge in [0.05, 0.1) is 13.2 Å². The van der Waals surface area contributed by atoms with E-state index in [1.807, 2.05) is 32.0 Å². The second kappa shape index (κ2) is 9.71. The first kappa shape index (κ1) is 21.2. The summed E-state index contributed by atoms with van der Waals surface area (Å²) in [5.74, 6) is -0.201. The first-order valence-electron chi connectivity index (χ1n) is 9.52.